The Hall–Kier alpha value is -1.91. The fourth-order valence-electron chi connectivity index (χ4n) is 2.49. The standard InChI is InChI=1S/C16H23N3O2/c1-11-14(20)18-13(16(2,3)4)15(21)19(11)10-8-12-7-5-6-9-17-12/h5-7,9,11,13H,8,10H2,1-4H3,(H,18,20). The summed E-state index contributed by atoms with van der Waals surface area (Å²) in [5, 5.41) is 2.84. The summed E-state index contributed by atoms with van der Waals surface area (Å²) in [6, 6.07) is 4.82. The molecule has 2 amide bonds. The molecule has 0 aliphatic carbocycles. The van der Waals surface area contributed by atoms with E-state index in [9.17, 15) is 9.59 Å². The highest BCUT2D eigenvalue weighted by atomic mass is 16.2. The molecule has 1 aromatic rings. The average Bonchev–Trinajstić information content (AvgIpc) is 2.42. The first kappa shape index (κ1) is 15.5. The van der Waals surface area contributed by atoms with Gasteiger partial charge in [-0.15, -0.1) is 0 Å². The van der Waals surface area contributed by atoms with Crippen LogP contribution in [0.2, 0.25) is 0 Å². The molecule has 0 radical (unpaired) electrons. The van der Waals surface area contributed by atoms with Gasteiger partial charge in [-0.2, -0.15) is 0 Å². The number of rotatable bonds is 3. The van der Waals surface area contributed by atoms with Crippen LogP contribution in [0.25, 0.3) is 0 Å². The smallest absolute Gasteiger partial charge is 0.246 e. The van der Waals surface area contributed by atoms with Crippen LogP contribution in [0.1, 0.15) is 33.4 Å². The molecule has 5 nitrogen and oxygen atoms in total. The molecule has 5 heteroatoms. The number of amides is 2. The van der Waals surface area contributed by atoms with Crippen molar-refractivity contribution in [3.8, 4) is 0 Å². The van der Waals surface area contributed by atoms with Crippen molar-refractivity contribution in [1.29, 1.82) is 0 Å². The van der Waals surface area contributed by atoms with Crippen LogP contribution in [0.3, 0.4) is 0 Å². The van der Waals surface area contributed by atoms with Crippen LogP contribution in [-0.4, -0.2) is 40.3 Å². The van der Waals surface area contributed by atoms with E-state index in [1.54, 1.807) is 18.0 Å². The molecule has 114 valence electrons. The molecule has 1 aliphatic rings. The third kappa shape index (κ3) is 3.40. The van der Waals surface area contributed by atoms with Crippen molar-refractivity contribution >= 4 is 11.8 Å². The second-order valence-corrected chi connectivity index (χ2v) is 6.59. The molecule has 1 fully saturated rings. The van der Waals surface area contributed by atoms with E-state index in [0.29, 0.717) is 13.0 Å². The van der Waals surface area contributed by atoms with Crippen molar-refractivity contribution < 1.29 is 9.59 Å². The first-order valence-electron chi connectivity index (χ1n) is 7.31. The second-order valence-electron chi connectivity index (χ2n) is 6.59. The van der Waals surface area contributed by atoms with Gasteiger partial charge < -0.3 is 10.2 Å². The molecule has 1 aromatic heterocycles. The molecule has 2 rings (SSSR count). The first-order valence-corrected chi connectivity index (χ1v) is 7.31. The number of carbonyl (C=O) groups is 2. The number of hydrogen-bond acceptors (Lipinski definition) is 3. The molecule has 0 spiro atoms. The minimum atomic E-state index is -0.468. The molecule has 21 heavy (non-hydrogen) atoms. The van der Waals surface area contributed by atoms with Crippen LogP contribution in [-0.2, 0) is 16.0 Å². The molecule has 2 unspecified atom stereocenters. The molecule has 1 saturated heterocycles. The SMILES string of the molecule is CC1C(=O)NC(C(C)(C)C)C(=O)N1CCc1ccccn1. The molecule has 0 saturated carbocycles. The maximum Gasteiger partial charge on any atom is 0.246 e. The van der Waals surface area contributed by atoms with Gasteiger partial charge in [0.05, 0.1) is 0 Å². The van der Waals surface area contributed by atoms with E-state index in [2.05, 4.69) is 10.3 Å². The Balaban J connectivity index is 2.12. The second kappa shape index (κ2) is 5.84. The number of carbonyl (C=O) groups excluding carboxylic acids is 2. The molecule has 2 atom stereocenters. The van der Waals surface area contributed by atoms with E-state index in [-0.39, 0.29) is 17.2 Å². The minimum absolute atomic E-state index is 0.00877. The zero-order chi connectivity index (χ0) is 15.6. The van der Waals surface area contributed by atoms with Gasteiger partial charge in [0.1, 0.15) is 12.1 Å². The number of aromatic nitrogens is 1. The molecular weight excluding hydrogens is 266 g/mol. The predicted octanol–water partition coefficient (Wildman–Crippen LogP) is 1.39. The lowest BCUT2D eigenvalue weighted by atomic mass is 9.84. The van der Waals surface area contributed by atoms with E-state index in [1.165, 1.54) is 0 Å². The summed E-state index contributed by atoms with van der Waals surface area (Å²) in [4.78, 5) is 30.7. The van der Waals surface area contributed by atoms with Crippen molar-refractivity contribution in [1.82, 2.24) is 15.2 Å². The maximum absolute atomic E-state index is 12.6. The summed E-state index contributed by atoms with van der Waals surface area (Å²) in [5.41, 5.74) is 0.631. The Morgan fingerprint density at radius 3 is 2.57 bits per heavy atom. The third-order valence-electron chi connectivity index (χ3n) is 3.86. The van der Waals surface area contributed by atoms with Crippen LogP contribution in [0, 0.1) is 5.41 Å². The molecule has 1 aliphatic heterocycles. The van der Waals surface area contributed by atoms with Crippen LogP contribution in [0.4, 0.5) is 0 Å². The van der Waals surface area contributed by atoms with Gasteiger partial charge in [-0.05, 0) is 24.5 Å². The molecule has 1 N–H and O–H groups in total. The largest absolute Gasteiger partial charge is 0.342 e. The topological polar surface area (TPSA) is 62.3 Å². The van der Waals surface area contributed by atoms with Crippen molar-refractivity contribution in [3.63, 3.8) is 0 Å². The summed E-state index contributed by atoms with van der Waals surface area (Å²) >= 11 is 0. The summed E-state index contributed by atoms with van der Waals surface area (Å²) in [5.74, 6) is -0.0962. The van der Waals surface area contributed by atoms with Gasteiger partial charge in [-0.25, -0.2) is 0 Å². The van der Waals surface area contributed by atoms with Crippen LogP contribution in [0.15, 0.2) is 24.4 Å². The van der Waals surface area contributed by atoms with Gasteiger partial charge in [-0.3, -0.25) is 14.6 Å². The van der Waals surface area contributed by atoms with Crippen molar-refractivity contribution in [2.24, 2.45) is 5.41 Å². The highest BCUT2D eigenvalue weighted by molar-refractivity contribution is 5.97. The summed E-state index contributed by atoms with van der Waals surface area (Å²) in [7, 11) is 0. The molecule has 2 heterocycles. The number of nitrogens with one attached hydrogen (secondary N) is 1. The lowest BCUT2D eigenvalue weighted by Gasteiger charge is -2.42. The summed E-state index contributed by atoms with van der Waals surface area (Å²) in [6.45, 7) is 8.16. The number of pyridine rings is 1. The lowest BCUT2D eigenvalue weighted by Crippen LogP contribution is -2.66. The molecule has 0 aromatic carbocycles. The average molecular weight is 289 g/mol. The highest BCUT2D eigenvalue weighted by Gasteiger charge is 2.43. The van der Waals surface area contributed by atoms with E-state index in [1.807, 2.05) is 39.0 Å². The maximum atomic E-state index is 12.6. The van der Waals surface area contributed by atoms with Crippen LogP contribution < -0.4 is 5.32 Å². The van der Waals surface area contributed by atoms with E-state index in [0.717, 1.165) is 5.69 Å². The van der Waals surface area contributed by atoms with Crippen LogP contribution >= 0.6 is 0 Å². The first-order chi connectivity index (χ1) is 9.80. The normalized spacial score (nSPS) is 23.1. The van der Waals surface area contributed by atoms with E-state index < -0.39 is 12.1 Å². The lowest BCUT2D eigenvalue weighted by molar-refractivity contribution is -0.151. The Labute approximate surface area is 125 Å². The predicted molar refractivity (Wildman–Crippen MR) is 80.5 cm³/mol. The monoisotopic (exact) mass is 289 g/mol. The van der Waals surface area contributed by atoms with Gasteiger partial charge in [0.2, 0.25) is 11.8 Å². The van der Waals surface area contributed by atoms with Crippen LogP contribution in [0.5, 0.6) is 0 Å². The minimum Gasteiger partial charge on any atom is -0.342 e. The summed E-state index contributed by atoms with van der Waals surface area (Å²) < 4.78 is 0. The van der Waals surface area contributed by atoms with Gasteiger partial charge in [0, 0.05) is 24.9 Å². The van der Waals surface area contributed by atoms with Gasteiger partial charge >= 0.3 is 0 Å². The Morgan fingerprint density at radius 1 is 1.29 bits per heavy atom. The zero-order valence-electron chi connectivity index (χ0n) is 13.1. The number of hydrogen-bond donors (Lipinski definition) is 1. The van der Waals surface area contributed by atoms with Gasteiger partial charge in [0.15, 0.2) is 0 Å². The fourth-order valence-corrected chi connectivity index (χ4v) is 2.49. The number of piperazine rings is 1. The quantitative estimate of drug-likeness (QED) is 0.914. The van der Waals surface area contributed by atoms with Gasteiger partial charge in [-0.1, -0.05) is 26.8 Å². The Kier molecular flexibility index (Phi) is 4.30. The van der Waals surface area contributed by atoms with Crippen molar-refractivity contribution in [3.05, 3.63) is 30.1 Å². The highest BCUT2D eigenvalue weighted by Crippen LogP contribution is 2.25. The van der Waals surface area contributed by atoms with Crippen molar-refractivity contribution in [2.45, 2.75) is 46.2 Å². The van der Waals surface area contributed by atoms with Gasteiger partial charge in [0.25, 0.3) is 0 Å². The Morgan fingerprint density at radius 2 is 2.00 bits per heavy atom. The number of nitrogens with zero attached hydrogens (tertiary/aromatic N) is 2. The molecular formula is C16H23N3O2. The molecule has 0 bridgehead atoms. The Bertz CT molecular complexity index is 522. The van der Waals surface area contributed by atoms with E-state index in [4.69, 9.17) is 0 Å². The fraction of sp³-hybridized carbons (Fsp3) is 0.562. The summed E-state index contributed by atoms with van der Waals surface area (Å²) in [6.07, 6.45) is 2.39. The van der Waals surface area contributed by atoms with Crippen molar-refractivity contribution in [2.75, 3.05) is 6.54 Å². The third-order valence-corrected chi connectivity index (χ3v) is 3.86. The van der Waals surface area contributed by atoms with E-state index >= 15 is 0 Å². The zero-order valence-corrected chi connectivity index (χ0v) is 13.1.